The van der Waals surface area contributed by atoms with Crippen LogP contribution in [0.25, 0.3) is 0 Å². The van der Waals surface area contributed by atoms with Gasteiger partial charge in [0.1, 0.15) is 0 Å². The molecule has 1 aromatic rings. The molecule has 0 unspecified atom stereocenters. The zero-order valence-electron chi connectivity index (χ0n) is 11.1. The van der Waals surface area contributed by atoms with Gasteiger partial charge in [0.2, 0.25) is 5.91 Å². The van der Waals surface area contributed by atoms with Crippen LogP contribution in [0, 0.1) is 6.92 Å². The normalized spacial score (nSPS) is 16.3. The van der Waals surface area contributed by atoms with Crippen LogP contribution in [0.15, 0.2) is 18.2 Å². The van der Waals surface area contributed by atoms with E-state index in [-0.39, 0.29) is 5.91 Å². The van der Waals surface area contributed by atoms with Gasteiger partial charge in [-0.05, 0) is 24.6 Å². The number of morpholine rings is 1. The fraction of sp³-hybridized carbons (Fsp3) is 0.500. The van der Waals surface area contributed by atoms with Gasteiger partial charge in [0, 0.05) is 36.8 Å². The van der Waals surface area contributed by atoms with Crippen molar-refractivity contribution >= 4 is 23.2 Å². The Hall–Kier alpha value is -1.10. The fourth-order valence-corrected chi connectivity index (χ4v) is 2.20. The van der Waals surface area contributed by atoms with Crippen LogP contribution < -0.4 is 5.32 Å². The van der Waals surface area contributed by atoms with E-state index in [9.17, 15) is 4.79 Å². The Labute approximate surface area is 118 Å². The number of carbonyl (C=O) groups excluding carboxylic acids is 1. The molecule has 0 atom stereocenters. The van der Waals surface area contributed by atoms with Gasteiger partial charge in [0.25, 0.3) is 0 Å². The number of nitrogens with zero attached hydrogens (tertiary/aromatic N) is 1. The van der Waals surface area contributed by atoms with Gasteiger partial charge in [-0.2, -0.15) is 0 Å². The number of hydrogen-bond acceptors (Lipinski definition) is 3. The van der Waals surface area contributed by atoms with Crippen LogP contribution >= 0.6 is 11.6 Å². The number of nitrogens with one attached hydrogen (secondary N) is 1. The highest BCUT2D eigenvalue weighted by atomic mass is 35.5. The number of hydrogen-bond donors (Lipinski definition) is 1. The first-order valence-electron chi connectivity index (χ1n) is 6.51. The lowest BCUT2D eigenvalue weighted by Gasteiger charge is -2.26. The Morgan fingerprint density at radius 1 is 1.42 bits per heavy atom. The monoisotopic (exact) mass is 282 g/mol. The number of aryl methyl sites for hydroxylation is 1. The summed E-state index contributed by atoms with van der Waals surface area (Å²) in [4.78, 5) is 14.2. The SMILES string of the molecule is Cc1ccc(Cl)cc1NC(=O)CCN1CCOCC1. The second-order valence-electron chi connectivity index (χ2n) is 4.71. The third kappa shape index (κ3) is 4.49. The van der Waals surface area contributed by atoms with Crippen molar-refractivity contribution in [3.63, 3.8) is 0 Å². The molecule has 104 valence electrons. The van der Waals surface area contributed by atoms with Gasteiger partial charge in [-0.15, -0.1) is 0 Å². The Bertz CT molecular complexity index is 445. The zero-order valence-corrected chi connectivity index (χ0v) is 11.9. The minimum absolute atomic E-state index is 0.0249. The fourth-order valence-electron chi connectivity index (χ4n) is 2.03. The molecule has 0 aromatic heterocycles. The lowest BCUT2D eigenvalue weighted by Crippen LogP contribution is -2.38. The highest BCUT2D eigenvalue weighted by Gasteiger charge is 2.12. The van der Waals surface area contributed by atoms with Crippen LogP contribution in [0.1, 0.15) is 12.0 Å². The van der Waals surface area contributed by atoms with Crippen molar-refractivity contribution in [2.45, 2.75) is 13.3 Å². The lowest BCUT2D eigenvalue weighted by molar-refractivity contribution is -0.116. The van der Waals surface area contributed by atoms with Gasteiger partial charge in [-0.1, -0.05) is 17.7 Å². The van der Waals surface area contributed by atoms with Crippen LogP contribution in [-0.2, 0) is 9.53 Å². The second-order valence-corrected chi connectivity index (χ2v) is 5.15. The second kappa shape index (κ2) is 6.89. The predicted octanol–water partition coefficient (Wildman–Crippen LogP) is 2.31. The van der Waals surface area contributed by atoms with Gasteiger partial charge in [0.15, 0.2) is 0 Å². The standard InChI is InChI=1S/C14H19ClN2O2/c1-11-2-3-12(15)10-13(11)16-14(18)4-5-17-6-8-19-9-7-17/h2-3,10H,4-9H2,1H3,(H,16,18). The summed E-state index contributed by atoms with van der Waals surface area (Å²) in [6.45, 7) is 6.06. The third-order valence-electron chi connectivity index (χ3n) is 3.23. The van der Waals surface area contributed by atoms with Crippen LogP contribution in [0.2, 0.25) is 5.02 Å². The molecule has 0 spiro atoms. The van der Waals surface area contributed by atoms with E-state index in [2.05, 4.69) is 10.2 Å². The molecular weight excluding hydrogens is 264 g/mol. The molecule has 0 saturated carbocycles. The van der Waals surface area contributed by atoms with E-state index in [1.54, 1.807) is 6.07 Å². The van der Waals surface area contributed by atoms with E-state index in [4.69, 9.17) is 16.3 Å². The van der Waals surface area contributed by atoms with E-state index >= 15 is 0 Å². The first kappa shape index (κ1) is 14.3. The predicted molar refractivity (Wildman–Crippen MR) is 76.7 cm³/mol. The molecule has 0 aliphatic carbocycles. The minimum atomic E-state index is 0.0249. The van der Waals surface area contributed by atoms with Gasteiger partial charge in [-0.25, -0.2) is 0 Å². The molecule has 1 amide bonds. The molecule has 1 aliphatic rings. The summed E-state index contributed by atoms with van der Waals surface area (Å²) in [7, 11) is 0. The highest BCUT2D eigenvalue weighted by molar-refractivity contribution is 6.31. The molecule has 19 heavy (non-hydrogen) atoms. The molecule has 1 fully saturated rings. The summed E-state index contributed by atoms with van der Waals surface area (Å²) in [5.41, 5.74) is 1.81. The van der Waals surface area contributed by atoms with E-state index in [0.717, 1.165) is 44.1 Å². The minimum Gasteiger partial charge on any atom is -0.379 e. The van der Waals surface area contributed by atoms with Crippen LogP contribution in [0.4, 0.5) is 5.69 Å². The number of halogens is 1. The number of carbonyl (C=O) groups is 1. The van der Waals surface area contributed by atoms with Gasteiger partial charge >= 0.3 is 0 Å². The maximum atomic E-state index is 11.9. The average molecular weight is 283 g/mol. The van der Waals surface area contributed by atoms with Crippen molar-refractivity contribution in [3.8, 4) is 0 Å². The van der Waals surface area contributed by atoms with Crippen molar-refractivity contribution in [2.24, 2.45) is 0 Å². The van der Waals surface area contributed by atoms with Gasteiger partial charge in [-0.3, -0.25) is 9.69 Å². The molecule has 0 radical (unpaired) electrons. The van der Waals surface area contributed by atoms with E-state index in [0.29, 0.717) is 11.4 Å². The number of rotatable bonds is 4. The summed E-state index contributed by atoms with van der Waals surface area (Å²) in [6, 6.07) is 5.50. The molecule has 1 heterocycles. The summed E-state index contributed by atoms with van der Waals surface area (Å²) in [5, 5.41) is 3.54. The van der Waals surface area contributed by atoms with Gasteiger partial charge in [0.05, 0.1) is 13.2 Å². The lowest BCUT2D eigenvalue weighted by atomic mass is 10.2. The zero-order chi connectivity index (χ0) is 13.7. The Balaban J connectivity index is 1.81. The Morgan fingerprint density at radius 2 is 2.16 bits per heavy atom. The average Bonchev–Trinajstić information content (AvgIpc) is 2.42. The molecule has 5 heteroatoms. The summed E-state index contributed by atoms with van der Waals surface area (Å²) in [6.07, 6.45) is 0.492. The topological polar surface area (TPSA) is 41.6 Å². The number of anilines is 1. The molecule has 1 saturated heterocycles. The van der Waals surface area contributed by atoms with Crippen molar-refractivity contribution in [3.05, 3.63) is 28.8 Å². The van der Waals surface area contributed by atoms with Gasteiger partial charge < -0.3 is 10.1 Å². The Morgan fingerprint density at radius 3 is 2.89 bits per heavy atom. The first-order valence-corrected chi connectivity index (χ1v) is 6.89. The molecule has 0 bridgehead atoms. The van der Waals surface area contributed by atoms with Crippen molar-refractivity contribution < 1.29 is 9.53 Å². The molecular formula is C14H19ClN2O2. The smallest absolute Gasteiger partial charge is 0.225 e. The quantitative estimate of drug-likeness (QED) is 0.921. The molecule has 1 aliphatic heterocycles. The van der Waals surface area contributed by atoms with Crippen molar-refractivity contribution in [1.29, 1.82) is 0 Å². The maximum Gasteiger partial charge on any atom is 0.225 e. The Kier molecular flexibility index (Phi) is 5.19. The molecule has 2 rings (SSSR count). The van der Waals surface area contributed by atoms with Crippen LogP contribution in [0.5, 0.6) is 0 Å². The molecule has 1 aromatic carbocycles. The van der Waals surface area contributed by atoms with E-state index < -0.39 is 0 Å². The summed E-state index contributed by atoms with van der Waals surface area (Å²) >= 11 is 5.93. The highest BCUT2D eigenvalue weighted by Crippen LogP contribution is 2.20. The maximum absolute atomic E-state index is 11.9. The largest absolute Gasteiger partial charge is 0.379 e. The van der Waals surface area contributed by atoms with Crippen molar-refractivity contribution in [1.82, 2.24) is 4.90 Å². The number of amides is 1. The van der Waals surface area contributed by atoms with Crippen LogP contribution in [-0.4, -0.2) is 43.7 Å². The third-order valence-corrected chi connectivity index (χ3v) is 3.47. The molecule has 1 N–H and O–H groups in total. The summed E-state index contributed by atoms with van der Waals surface area (Å²) in [5.74, 6) is 0.0249. The number of ether oxygens (including phenoxy) is 1. The number of benzene rings is 1. The van der Waals surface area contributed by atoms with E-state index in [1.807, 2.05) is 19.1 Å². The first-order chi connectivity index (χ1) is 9.15. The van der Waals surface area contributed by atoms with Crippen molar-refractivity contribution in [2.75, 3.05) is 38.2 Å². The summed E-state index contributed by atoms with van der Waals surface area (Å²) < 4.78 is 5.27. The van der Waals surface area contributed by atoms with E-state index in [1.165, 1.54) is 0 Å². The van der Waals surface area contributed by atoms with Crippen LogP contribution in [0.3, 0.4) is 0 Å². The molecule has 4 nitrogen and oxygen atoms in total.